The second kappa shape index (κ2) is 6.49. The monoisotopic (exact) mass is 399 g/mol. The molecule has 2 unspecified atom stereocenters. The Hall–Kier alpha value is -1.68. The minimum Gasteiger partial charge on any atom is -0.489 e. The van der Waals surface area contributed by atoms with Crippen LogP contribution in [0.15, 0.2) is 21.4 Å². The van der Waals surface area contributed by atoms with Gasteiger partial charge in [0, 0.05) is 32.0 Å². The van der Waals surface area contributed by atoms with Gasteiger partial charge in [0.2, 0.25) is 21.8 Å². The Morgan fingerprint density at radius 1 is 1.31 bits per heavy atom. The highest BCUT2D eigenvalue weighted by molar-refractivity contribution is 7.89. The predicted octanol–water partition coefficient (Wildman–Crippen LogP) is 2.12. The second-order valence-electron chi connectivity index (χ2n) is 6.41. The average molecular weight is 400 g/mol. The van der Waals surface area contributed by atoms with Gasteiger partial charge < -0.3 is 13.9 Å². The van der Waals surface area contributed by atoms with E-state index in [9.17, 15) is 8.42 Å². The third-order valence-corrected chi connectivity index (χ3v) is 6.53. The summed E-state index contributed by atoms with van der Waals surface area (Å²) in [6, 6.07) is 3.08. The van der Waals surface area contributed by atoms with Gasteiger partial charge in [-0.3, -0.25) is 0 Å². The summed E-state index contributed by atoms with van der Waals surface area (Å²) in [5, 5.41) is 8.00. The fourth-order valence-electron chi connectivity index (χ4n) is 3.19. The van der Waals surface area contributed by atoms with Crippen molar-refractivity contribution in [1.82, 2.24) is 14.5 Å². The molecule has 26 heavy (non-hydrogen) atoms. The van der Waals surface area contributed by atoms with E-state index < -0.39 is 16.1 Å². The maximum atomic E-state index is 13.1. The summed E-state index contributed by atoms with van der Waals surface area (Å²) < 4.78 is 44.2. The normalized spacial score (nSPS) is 23.7. The molecule has 140 valence electrons. The Balaban J connectivity index is 1.62. The van der Waals surface area contributed by atoms with Crippen LogP contribution in [0.5, 0.6) is 5.75 Å². The zero-order chi connectivity index (χ0) is 18.5. The van der Waals surface area contributed by atoms with Crippen LogP contribution in [-0.4, -0.2) is 48.7 Å². The summed E-state index contributed by atoms with van der Waals surface area (Å²) in [5.41, 5.74) is 0.806. The van der Waals surface area contributed by atoms with E-state index in [1.165, 1.54) is 10.4 Å². The lowest BCUT2D eigenvalue weighted by Crippen LogP contribution is -2.42. The lowest BCUT2D eigenvalue weighted by molar-refractivity contribution is -0.0176. The molecule has 0 bridgehead atoms. The molecule has 0 aliphatic carbocycles. The highest BCUT2D eigenvalue weighted by Crippen LogP contribution is 2.39. The minimum atomic E-state index is -3.73. The van der Waals surface area contributed by atoms with Crippen LogP contribution < -0.4 is 4.74 Å². The number of fused-ring (bicyclic) bond motifs is 1. The van der Waals surface area contributed by atoms with Crippen LogP contribution >= 0.6 is 11.6 Å². The van der Waals surface area contributed by atoms with Crippen LogP contribution in [-0.2, 0) is 21.2 Å². The molecule has 2 aliphatic heterocycles. The third-order valence-electron chi connectivity index (χ3n) is 4.40. The molecule has 0 saturated carbocycles. The summed E-state index contributed by atoms with van der Waals surface area (Å²) >= 11 is 6.25. The molecular formula is C16H18ClN3O5S. The van der Waals surface area contributed by atoms with Crippen molar-refractivity contribution in [3.63, 3.8) is 0 Å². The molecule has 10 heteroatoms. The molecule has 1 saturated heterocycles. The zero-order valence-electron chi connectivity index (χ0n) is 14.3. The van der Waals surface area contributed by atoms with Gasteiger partial charge >= 0.3 is 0 Å². The quantitative estimate of drug-likeness (QED) is 0.780. The number of ether oxygens (including phenoxy) is 2. The van der Waals surface area contributed by atoms with E-state index in [-0.39, 0.29) is 36.6 Å². The zero-order valence-corrected chi connectivity index (χ0v) is 15.9. The summed E-state index contributed by atoms with van der Waals surface area (Å²) in [6.07, 6.45) is 0.0211. The predicted molar refractivity (Wildman–Crippen MR) is 91.7 cm³/mol. The Morgan fingerprint density at radius 3 is 2.85 bits per heavy atom. The van der Waals surface area contributed by atoms with E-state index in [4.69, 9.17) is 25.5 Å². The topological polar surface area (TPSA) is 94.8 Å². The maximum Gasteiger partial charge on any atom is 0.246 e. The summed E-state index contributed by atoms with van der Waals surface area (Å²) in [6.45, 7) is 4.18. The van der Waals surface area contributed by atoms with Crippen LogP contribution in [0.2, 0.25) is 5.02 Å². The van der Waals surface area contributed by atoms with Gasteiger partial charge in [-0.05, 0) is 19.1 Å². The first-order valence-electron chi connectivity index (χ1n) is 8.25. The van der Waals surface area contributed by atoms with Gasteiger partial charge in [-0.15, -0.1) is 10.2 Å². The van der Waals surface area contributed by atoms with Crippen LogP contribution in [0, 0.1) is 6.92 Å². The fourth-order valence-corrected chi connectivity index (χ4v) is 5.04. The lowest BCUT2D eigenvalue weighted by Gasteiger charge is -2.30. The Bertz CT molecular complexity index is 945. The fraction of sp³-hybridized carbons (Fsp3) is 0.500. The SMILES string of the molecule is Cc1nnc(C2CN(S(=O)(=O)c3cc(Cl)c4c(c3)CC(C)O4)CCO2)o1. The van der Waals surface area contributed by atoms with E-state index in [0.29, 0.717) is 23.1 Å². The van der Waals surface area contributed by atoms with E-state index in [1.54, 1.807) is 13.0 Å². The number of hydrogen-bond donors (Lipinski definition) is 0. The summed E-state index contributed by atoms with van der Waals surface area (Å²) in [7, 11) is -3.73. The number of halogens is 1. The van der Waals surface area contributed by atoms with E-state index >= 15 is 0 Å². The molecule has 2 aromatic rings. The van der Waals surface area contributed by atoms with Crippen molar-refractivity contribution in [2.45, 2.75) is 37.4 Å². The van der Waals surface area contributed by atoms with Crippen LogP contribution in [0.3, 0.4) is 0 Å². The molecule has 0 radical (unpaired) electrons. The first-order valence-corrected chi connectivity index (χ1v) is 10.1. The van der Waals surface area contributed by atoms with E-state index in [2.05, 4.69) is 10.2 Å². The number of aromatic nitrogens is 2. The molecule has 1 fully saturated rings. The first kappa shape index (κ1) is 17.7. The van der Waals surface area contributed by atoms with Crippen molar-refractivity contribution in [2.24, 2.45) is 0 Å². The van der Waals surface area contributed by atoms with Crippen molar-refractivity contribution < 1.29 is 22.3 Å². The number of rotatable bonds is 3. The van der Waals surface area contributed by atoms with Crippen molar-refractivity contribution >= 4 is 21.6 Å². The number of sulfonamides is 1. The Morgan fingerprint density at radius 2 is 2.12 bits per heavy atom. The van der Waals surface area contributed by atoms with Gasteiger partial charge in [0.15, 0.2) is 0 Å². The highest BCUT2D eigenvalue weighted by Gasteiger charge is 2.35. The van der Waals surface area contributed by atoms with Gasteiger partial charge in [0.25, 0.3) is 0 Å². The van der Waals surface area contributed by atoms with Crippen molar-refractivity contribution in [1.29, 1.82) is 0 Å². The van der Waals surface area contributed by atoms with Crippen molar-refractivity contribution in [2.75, 3.05) is 19.7 Å². The molecule has 4 rings (SSSR count). The van der Waals surface area contributed by atoms with Crippen molar-refractivity contribution in [3.8, 4) is 5.75 Å². The molecular weight excluding hydrogens is 382 g/mol. The number of aryl methyl sites for hydroxylation is 1. The molecule has 1 aromatic carbocycles. The van der Waals surface area contributed by atoms with E-state index in [0.717, 1.165) is 5.56 Å². The molecule has 0 spiro atoms. The molecule has 0 N–H and O–H groups in total. The molecule has 2 atom stereocenters. The van der Waals surface area contributed by atoms with Gasteiger partial charge in [0.05, 0.1) is 16.5 Å². The second-order valence-corrected chi connectivity index (χ2v) is 8.75. The van der Waals surface area contributed by atoms with E-state index in [1.807, 2.05) is 6.92 Å². The van der Waals surface area contributed by atoms with Crippen LogP contribution in [0.25, 0.3) is 0 Å². The molecule has 2 aliphatic rings. The standard InChI is InChI=1S/C16H18ClN3O5S/c1-9-5-11-6-12(7-13(17)15(11)24-9)26(21,22)20-3-4-23-14(8-20)16-19-18-10(2)25-16/h6-7,9,14H,3-5,8H2,1-2H3. The van der Waals surface area contributed by atoms with Gasteiger partial charge in [-0.25, -0.2) is 8.42 Å². The first-order chi connectivity index (χ1) is 12.3. The van der Waals surface area contributed by atoms with Gasteiger partial charge in [0.1, 0.15) is 18.0 Å². The van der Waals surface area contributed by atoms with Crippen LogP contribution in [0.1, 0.15) is 30.4 Å². The number of benzene rings is 1. The molecule has 0 amide bonds. The van der Waals surface area contributed by atoms with Crippen LogP contribution in [0.4, 0.5) is 0 Å². The highest BCUT2D eigenvalue weighted by atomic mass is 35.5. The minimum absolute atomic E-state index is 0.0195. The number of morpholine rings is 1. The Kier molecular flexibility index (Phi) is 4.42. The Labute approximate surface area is 156 Å². The maximum absolute atomic E-state index is 13.1. The largest absolute Gasteiger partial charge is 0.489 e. The molecule has 3 heterocycles. The third kappa shape index (κ3) is 3.09. The van der Waals surface area contributed by atoms with Gasteiger partial charge in [-0.1, -0.05) is 11.6 Å². The van der Waals surface area contributed by atoms with Crippen molar-refractivity contribution in [3.05, 3.63) is 34.5 Å². The average Bonchev–Trinajstić information content (AvgIpc) is 3.20. The smallest absolute Gasteiger partial charge is 0.246 e. The van der Waals surface area contributed by atoms with Gasteiger partial charge in [-0.2, -0.15) is 4.31 Å². The number of hydrogen-bond acceptors (Lipinski definition) is 7. The molecule has 8 nitrogen and oxygen atoms in total. The number of nitrogens with zero attached hydrogens (tertiary/aromatic N) is 3. The summed E-state index contributed by atoms with van der Waals surface area (Å²) in [4.78, 5) is 0.154. The molecule has 1 aromatic heterocycles. The summed E-state index contributed by atoms with van der Waals surface area (Å²) in [5.74, 6) is 1.25. The lowest BCUT2D eigenvalue weighted by atomic mass is 10.1.